The van der Waals surface area contributed by atoms with Gasteiger partial charge >= 0.3 is 0 Å². The van der Waals surface area contributed by atoms with Crippen molar-refractivity contribution >= 4 is 5.91 Å². The summed E-state index contributed by atoms with van der Waals surface area (Å²) in [5.41, 5.74) is 0. The molecule has 0 aromatic heterocycles. The highest BCUT2D eigenvalue weighted by Gasteiger charge is 2.39. The topological polar surface area (TPSA) is 49.3 Å². The van der Waals surface area contributed by atoms with Crippen LogP contribution in [0.2, 0.25) is 0 Å². The second-order valence-electron chi connectivity index (χ2n) is 4.36. The van der Waals surface area contributed by atoms with E-state index in [1.54, 1.807) is 0 Å². The molecule has 3 heteroatoms. The number of carbonyl (C=O) groups excluding carboxylic acids is 1. The van der Waals surface area contributed by atoms with Gasteiger partial charge < -0.3 is 10.4 Å². The van der Waals surface area contributed by atoms with Crippen molar-refractivity contribution in [3.63, 3.8) is 0 Å². The first kappa shape index (κ1) is 10.5. The maximum atomic E-state index is 11.5. The molecule has 3 unspecified atom stereocenters. The monoisotopic (exact) mass is 185 g/mol. The Kier molecular flexibility index (Phi) is 3.31. The van der Waals surface area contributed by atoms with Gasteiger partial charge in [-0.2, -0.15) is 0 Å². The molecule has 0 bridgehead atoms. The van der Waals surface area contributed by atoms with Gasteiger partial charge in [-0.3, -0.25) is 4.79 Å². The Hall–Kier alpha value is -0.570. The number of aliphatic hydroxyl groups is 1. The Balaban J connectivity index is 2.33. The number of nitrogens with one attached hydrogen (secondary N) is 1. The van der Waals surface area contributed by atoms with Crippen LogP contribution in [0.25, 0.3) is 0 Å². The zero-order valence-electron chi connectivity index (χ0n) is 8.58. The van der Waals surface area contributed by atoms with Crippen molar-refractivity contribution in [2.75, 3.05) is 6.61 Å². The molecule has 3 nitrogen and oxygen atoms in total. The van der Waals surface area contributed by atoms with E-state index in [2.05, 4.69) is 12.2 Å². The van der Waals surface area contributed by atoms with Crippen LogP contribution in [0.15, 0.2) is 0 Å². The molecule has 0 radical (unpaired) electrons. The van der Waals surface area contributed by atoms with Crippen LogP contribution in [0.3, 0.4) is 0 Å². The first-order valence-electron chi connectivity index (χ1n) is 4.97. The van der Waals surface area contributed by atoms with Crippen molar-refractivity contribution in [3.8, 4) is 0 Å². The minimum Gasteiger partial charge on any atom is -0.394 e. The number of rotatable bonds is 4. The van der Waals surface area contributed by atoms with Gasteiger partial charge in [0.2, 0.25) is 5.91 Å². The molecule has 1 aliphatic carbocycles. The van der Waals surface area contributed by atoms with Crippen LogP contribution >= 0.6 is 0 Å². The standard InChI is InChI=1S/C10H19NO2/c1-6(2)9(5-12)11-10(13)8-4-7(8)3/h6-9,12H,4-5H2,1-3H3,(H,11,13). The lowest BCUT2D eigenvalue weighted by atomic mass is 10.1. The summed E-state index contributed by atoms with van der Waals surface area (Å²) in [7, 11) is 0. The zero-order chi connectivity index (χ0) is 10.0. The molecule has 0 saturated heterocycles. The van der Waals surface area contributed by atoms with Gasteiger partial charge in [0.1, 0.15) is 0 Å². The summed E-state index contributed by atoms with van der Waals surface area (Å²) in [4.78, 5) is 11.5. The zero-order valence-corrected chi connectivity index (χ0v) is 8.58. The number of hydrogen-bond donors (Lipinski definition) is 2. The van der Waals surface area contributed by atoms with Crippen molar-refractivity contribution in [3.05, 3.63) is 0 Å². The third-order valence-electron chi connectivity index (χ3n) is 2.78. The first-order valence-corrected chi connectivity index (χ1v) is 4.97. The molecular formula is C10H19NO2. The fourth-order valence-electron chi connectivity index (χ4n) is 1.40. The molecule has 76 valence electrons. The number of carbonyl (C=O) groups is 1. The minimum atomic E-state index is -0.0831. The first-order chi connectivity index (χ1) is 6.06. The largest absolute Gasteiger partial charge is 0.394 e. The Labute approximate surface area is 79.5 Å². The van der Waals surface area contributed by atoms with Gasteiger partial charge in [0.15, 0.2) is 0 Å². The molecule has 1 aliphatic rings. The van der Waals surface area contributed by atoms with Gasteiger partial charge in [0.25, 0.3) is 0 Å². The molecule has 1 saturated carbocycles. The van der Waals surface area contributed by atoms with Gasteiger partial charge in [-0.15, -0.1) is 0 Å². The minimum absolute atomic E-state index is 0.0322. The molecule has 2 N–H and O–H groups in total. The SMILES string of the molecule is CC(C)C(CO)NC(=O)C1CC1C. The third kappa shape index (κ3) is 2.69. The summed E-state index contributed by atoms with van der Waals surface area (Å²) in [6.45, 7) is 6.10. The summed E-state index contributed by atoms with van der Waals surface area (Å²) >= 11 is 0. The fourth-order valence-corrected chi connectivity index (χ4v) is 1.40. The van der Waals surface area contributed by atoms with Crippen molar-refractivity contribution in [1.29, 1.82) is 0 Å². The summed E-state index contributed by atoms with van der Waals surface area (Å²) in [6.07, 6.45) is 1.00. The van der Waals surface area contributed by atoms with Crippen molar-refractivity contribution in [2.24, 2.45) is 17.8 Å². The maximum Gasteiger partial charge on any atom is 0.223 e. The Morgan fingerprint density at radius 1 is 1.62 bits per heavy atom. The third-order valence-corrected chi connectivity index (χ3v) is 2.78. The predicted molar refractivity (Wildman–Crippen MR) is 51.1 cm³/mol. The van der Waals surface area contributed by atoms with Gasteiger partial charge in [0.05, 0.1) is 12.6 Å². The average Bonchev–Trinajstić information content (AvgIpc) is 2.77. The van der Waals surface area contributed by atoms with Gasteiger partial charge in [-0.05, 0) is 18.3 Å². The summed E-state index contributed by atoms with van der Waals surface area (Å²) in [5, 5.41) is 11.9. The molecule has 0 heterocycles. The molecule has 0 aliphatic heterocycles. The van der Waals surface area contributed by atoms with Crippen molar-refractivity contribution < 1.29 is 9.90 Å². The lowest BCUT2D eigenvalue weighted by Gasteiger charge is -2.19. The molecule has 1 rings (SSSR count). The van der Waals surface area contributed by atoms with Crippen LogP contribution in [0.1, 0.15) is 27.2 Å². The number of amides is 1. The lowest BCUT2D eigenvalue weighted by Crippen LogP contribution is -2.42. The molecule has 0 aromatic rings. The molecule has 0 spiro atoms. The van der Waals surface area contributed by atoms with Crippen LogP contribution in [0.4, 0.5) is 0 Å². The highest BCUT2D eigenvalue weighted by molar-refractivity contribution is 5.81. The molecule has 1 fully saturated rings. The van der Waals surface area contributed by atoms with Crippen LogP contribution < -0.4 is 5.32 Å². The summed E-state index contributed by atoms with van der Waals surface area (Å²) in [6, 6.07) is -0.0831. The van der Waals surface area contributed by atoms with E-state index in [1.165, 1.54) is 0 Å². The highest BCUT2D eigenvalue weighted by atomic mass is 16.3. The van der Waals surface area contributed by atoms with Crippen molar-refractivity contribution in [2.45, 2.75) is 33.2 Å². The molecule has 0 aromatic carbocycles. The Morgan fingerprint density at radius 3 is 2.46 bits per heavy atom. The smallest absolute Gasteiger partial charge is 0.223 e. The second-order valence-corrected chi connectivity index (χ2v) is 4.36. The van der Waals surface area contributed by atoms with E-state index in [0.29, 0.717) is 11.8 Å². The normalized spacial score (nSPS) is 28.7. The summed E-state index contributed by atoms with van der Waals surface area (Å²) < 4.78 is 0. The van der Waals surface area contributed by atoms with E-state index in [-0.39, 0.29) is 24.5 Å². The van der Waals surface area contributed by atoms with E-state index >= 15 is 0 Å². The molecule has 3 atom stereocenters. The highest BCUT2D eigenvalue weighted by Crippen LogP contribution is 2.37. The fraction of sp³-hybridized carbons (Fsp3) is 0.900. The van der Waals surface area contributed by atoms with Gasteiger partial charge in [-0.25, -0.2) is 0 Å². The quantitative estimate of drug-likeness (QED) is 0.680. The van der Waals surface area contributed by atoms with Crippen molar-refractivity contribution in [1.82, 2.24) is 5.32 Å². The lowest BCUT2D eigenvalue weighted by molar-refractivity contribution is -0.123. The van der Waals surface area contributed by atoms with E-state index < -0.39 is 0 Å². The maximum absolute atomic E-state index is 11.5. The molecule has 13 heavy (non-hydrogen) atoms. The van der Waals surface area contributed by atoms with Gasteiger partial charge in [-0.1, -0.05) is 20.8 Å². The molecular weight excluding hydrogens is 166 g/mol. The van der Waals surface area contributed by atoms with Crippen LogP contribution in [0.5, 0.6) is 0 Å². The Morgan fingerprint density at radius 2 is 2.15 bits per heavy atom. The molecule has 1 amide bonds. The number of aliphatic hydroxyl groups excluding tert-OH is 1. The average molecular weight is 185 g/mol. The summed E-state index contributed by atoms with van der Waals surface area (Å²) in [5.74, 6) is 1.14. The predicted octanol–water partition coefficient (Wildman–Crippen LogP) is 0.775. The van der Waals surface area contributed by atoms with Crippen LogP contribution in [0, 0.1) is 17.8 Å². The van der Waals surface area contributed by atoms with Crippen LogP contribution in [-0.2, 0) is 4.79 Å². The van der Waals surface area contributed by atoms with Crippen LogP contribution in [-0.4, -0.2) is 23.7 Å². The van der Waals surface area contributed by atoms with E-state index in [9.17, 15) is 4.79 Å². The number of hydrogen-bond acceptors (Lipinski definition) is 2. The van der Waals surface area contributed by atoms with Gasteiger partial charge in [0, 0.05) is 5.92 Å². The van der Waals surface area contributed by atoms with E-state index in [0.717, 1.165) is 6.42 Å². The second kappa shape index (κ2) is 4.09. The Bertz CT molecular complexity index is 191. The van der Waals surface area contributed by atoms with E-state index in [4.69, 9.17) is 5.11 Å². The van der Waals surface area contributed by atoms with E-state index in [1.807, 2.05) is 13.8 Å².